The van der Waals surface area contributed by atoms with E-state index in [9.17, 15) is 18.3 Å². The second kappa shape index (κ2) is 6.46. The molecule has 1 N–H and O–H groups in total. The largest absolute Gasteiger partial charge is 0.480 e. The van der Waals surface area contributed by atoms with E-state index in [1.165, 1.54) is 0 Å². The van der Waals surface area contributed by atoms with Crippen LogP contribution in [0.4, 0.5) is 0 Å². The van der Waals surface area contributed by atoms with E-state index in [4.69, 9.17) is 0 Å². The Morgan fingerprint density at radius 1 is 1.52 bits per heavy atom. The Morgan fingerprint density at radius 2 is 2.24 bits per heavy atom. The van der Waals surface area contributed by atoms with Crippen molar-refractivity contribution in [3.63, 3.8) is 0 Å². The van der Waals surface area contributed by atoms with E-state index in [0.29, 0.717) is 6.42 Å². The predicted octanol–water partition coefficient (Wildman–Crippen LogP) is 2.02. The third kappa shape index (κ3) is 4.05. The molecule has 1 aliphatic rings. The van der Waals surface area contributed by atoms with Gasteiger partial charge in [-0.2, -0.15) is 0 Å². The lowest BCUT2D eigenvalue weighted by Crippen LogP contribution is -2.44. The van der Waals surface area contributed by atoms with Crippen molar-refractivity contribution < 1.29 is 18.3 Å². The highest BCUT2D eigenvalue weighted by Gasteiger charge is 2.38. The molecular formula is C14H21NO4S2. The molecule has 2 unspecified atom stereocenters. The van der Waals surface area contributed by atoms with E-state index >= 15 is 0 Å². The summed E-state index contributed by atoms with van der Waals surface area (Å²) < 4.78 is 23.5. The van der Waals surface area contributed by atoms with Crippen molar-refractivity contribution >= 4 is 27.1 Å². The van der Waals surface area contributed by atoms with Crippen molar-refractivity contribution in [3.8, 4) is 0 Å². The number of carboxylic acid groups (broad SMARTS) is 1. The molecule has 0 saturated carbocycles. The molecule has 0 aromatic carbocycles. The summed E-state index contributed by atoms with van der Waals surface area (Å²) in [4.78, 5) is 14.2. The van der Waals surface area contributed by atoms with Gasteiger partial charge in [0.2, 0.25) is 0 Å². The first-order valence-corrected chi connectivity index (χ1v) is 9.71. The molecule has 2 rings (SSSR count). The highest BCUT2D eigenvalue weighted by atomic mass is 32.2. The SMILES string of the molecule is CC(C)C(c1cccs1)N(CC(=O)O)C1CCS(=O)(=O)C1. The van der Waals surface area contributed by atoms with Gasteiger partial charge in [-0.05, 0) is 23.8 Å². The Hall–Kier alpha value is -0.920. The number of thiophene rings is 1. The second-order valence-electron chi connectivity index (χ2n) is 5.83. The van der Waals surface area contributed by atoms with Crippen LogP contribution in [-0.2, 0) is 14.6 Å². The number of aliphatic carboxylic acids is 1. The minimum atomic E-state index is -3.04. The van der Waals surface area contributed by atoms with Crippen LogP contribution in [0, 0.1) is 5.92 Å². The standard InChI is InChI=1S/C14H21NO4S2/c1-10(2)14(12-4-3-6-20-12)15(8-13(16)17)11-5-7-21(18,19)9-11/h3-4,6,10-11,14H,5,7-9H2,1-2H3,(H,16,17). The number of hydrogen-bond donors (Lipinski definition) is 1. The molecule has 118 valence electrons. The van der Waals surface area contributed by atoms with E-state index in [1.807, 2.05) is 36.3 Å². The topological polar surface area (TPSA) is 74.7 Å². The average Bonchev–Trinajstić information content (AvgIpc) is 2.97. The van der Waals surface area contributed by atoms with Crippen LogP contribution in [0.15, 0.2) is 17.5 Å². The monoisotopic (exact) mass is 331 g/mol. The van der Waals surface area contributed by atoms with Crippen molar-refractivity contribution in [3.05, 3.63) is 22.4 Å². The first kappa shape index (κ1) is 16.5. The molecule has 1 fully saturated rings. The lowest BCUT2D eigenvalue weighted by Gasteiger charge is -2.36. The molecule has 1 saturated heterocycles. The Balaban J connectivity index is 2.31. The molecule has 1 aliphatic heterocycles. The maximum Gasteiger partial charge on any atom is 0.317 e. The molecule has 2 atom stereocenters. The Labute approximate surface area is 129 Å². The van der Waals surface area contributed by atoms with Crippen LogP contribution in [-0.4, -0.2) is 48.5 Å². The Morgan fingerprint density at radius 3 is 2.67 bits per heavy atom. The quantitative estimate of drug-likeness (QED) is 0.863. The van der Waals surface area contributed by atoms with Gasteiger partial charge in [-0.15, -0.1) is 11.3 Å². The third-order valence-electron chi connectivity index (χ3n) is 3.82. The first-order chi connectivity index (χ1) is 9.80. The molecule has 1 aromatic heterocycles. The van der Waals surface area contributed by atoms with Gasteiger partial charge in [-0.1, -0.05) is 19.9 Å². The van der Waals surface area contributed by atoms with E-state index in [-0.39, 0.29) is 36.1 Å². The minimum Gasteiger partial charge on any atom is -0.480 e. The summed E-state index contributed by atoms with van der Waals surface area (Å²) in [7, 11) is -3.04. The zero-order valence-electron chi connectivity index (χ0n) is 12.2. The molecule has 1 aromatic rings. The van der Waals surface area contributed by atoms with Crippen molar-refractivity contribution in [1.82, 2.24) is 4.90 Å². The van der Waals surface area contributed by atoms with Gasteiger partial charge in [0.05, 0.1) is 18.1 Å². The van der Waals surface area contributed by atoms with Crippen LogP contribution in [0.5, 0.6) is 0 Å². The van der Waals surface area contributed by atoms with Crippen molar-refractivity contribution in [2.24, 2.45) is 5.92 Å². The zero-order valence-corrected chi connectivity index (χ0v) is 13.9. The first-order valence-electron chi connectivity index (χ1n) is 7.01. The van der Waals surface area contributed by atoms with E-state index in [1.54, 1.807) is 11.3 Å². The fourth-order valence-electron chi connectivity index (χ4n) is 2.98. The lowest BCUT2D eigenvalue weighted by atomic mass is 9.98. The van der Waals surface area contributed by atoms with Crippen LogP contribution >= 0.6 is 11.3 Å². The van der Waals surface area contributed by atoms with Gasteiger partial charge >= 0.3 is 5.97 Å². The van der Waals surface area contributed by atoms with Crippen LogP contribution in [0.2, 0.25) is 0 Å². The van der Waals surface area contributed by atoms with Crippen molar-refractivity contribution in [1.29, 1.82) is 0 Å². The number of sulfone groups is 1. The van der Waals surface area contributed by atoms with Gasteiger partial charge in [0.25, 0.3) is 0 Å². The fraction of sp³-hybridized carbons (Fsp3) is 0.643. The smallest absolute Gasteiger partial charge is 0.317 e. The molecule has 7 heteroatoms. The summed E-state index contributed by atoms with van der Waals surface area (Å²) in [6, 6.07) is 3.67. The van der Waals surface area contributed by atoms with Gasteiger partial charge in [0, 0.05) is 17.0 Å². The summed E-state index contributed by atoms with van der Waals surface area (Å²) in [5, 5.41) is 11.2. The van der Waals surface area contributed by atoms with Crippen LogP contribution in [0.3, 0.4) is 0 Å². The molecule has 0 aliphatic carbocycles. The number of rotatable bonds is 6. The summed E-state index contributed by atoms with van der Waals surface area (Å²) in [5.41, 5.74) is 0. The molecule has 5 nitrogen and oxygen atoms in total. The molecule has 0 amide bonds. The molecule has 21 heavy (non-hydrogen) atoms. The maximum absolute atomic E-state index is 11.7. The van der Waals surface area contributed by atoms with E-state index in [0.717, 1.165) is 4.88 Å². The molecule has 0 bridgehead atoms. The zero-order chi connectivity index (χ0) is 15.6. The highest BCUT2D eigenvalue weighted by Crippen LogP contribution is 2.35. The normalized spacial score (nSPS) is 22.8. The van der Waals surface area contributed by atoms with Crippen LogP contribution in [0.1, 0.15) is 31.2 Å². The number of carboxylic acids is 1. The van der Waals surface area contributed by atoms with Crippen LogP contribution in [0.25, 0.3) is 0 Å². The van der Waals surface area contributed by atoms with Crippen molar-refractivity contribution in [2.45, 2.75) is 32.4 Å². The number of nitrogens with zero attached hydrogens (tertiary/aromatic N) is 1. The maximum atomic E-state index is 11.7. The lowest BCUT2D eigenvalue weighted by molar-refractivity contribution is -0.139. The van der Waals surface area contributed by atoms with Gasteiger partial charge in [0.1, 0.15) is 0 Å². The van der Waals surface area contributed by atoms with Gasteiger partial charge in [-0.3, -0.25) is 9.69 Å². The van der Waals surface area contributed by atoms with Gasteiger partial charge in [0.15, 0.2) is 9.84 Å². The molecular weight excluding hydrogens is 310 g/mol. The molecule has 0 radical (unpaired) electrons. The fourth-order valence-corrected chi connectivity index (χ4v) is 5.74. The number of carbonyl (C=O) groups is 1. The Bertz CT molecular complexity index is 580. The Kier molecular flexibility index (Phi) is 5.06. The molecule has 0 spiro atoms. The number of hydrogen-bond acceptors (Lipinski definition) is 5. The van der Waals surface area contributed by atoms with Crippen molar-refractivity contribution in [2.75, 3.05) is 18.1 Å². The summed E-state index contributed by atoms with van der Waals surface area (Å²) >= 11 is 1.59. The van der Waals surface area contributed by atoms with Gasteiger partial charge in [-0.25, -0.2) is 8.42 Å². The third-order valence-corrected chi connectivity index (χ3v) is 6.51. The predicted molar refractivity (Wildman–Crippen MR) is 83.3 cm³/mol. The summed E-state index contributed by atoms with van der Waals surface area (Å²) in [5.74, 6) is -0.481. The average molecular weight is 331 g/mol. The summed E-state index contributed by atoms with van der Waals surface area (Å²) in [6.07, 6.45) is 0.518. The van der Waals surface area contributed by atoms with Crippen LogP contribution < -0.4 is 0 Å². The highest BCUT2D eigenvalue weighted by molar-refractivity contribution is 7.91. The van der Waals surface area contributed by atoms with E-state index in [2.05, 4.69) is 0 Å². The minimum absolute atomic E-state index is 0.0561. The second-order valence-corrected chi connectivity index (χ2v) is 9.04. The molecule has 2 heterocycles. The van der Waals surface area contributed by atoms with Gasteiger partial charge < -0.3 is 5.11 Å². The van der Waals surface area contributed by atoms with E-state index < -0.39 is 15.8 Å². The summed E-state index contributed by atoms with van der Waals surface area (Å²) in [6.45, 7) is 3.96.